The van der Waals surface area contributed by atoms with Crippen molar-refractivity contribution in [3.63, 3.8) is 0 Å². The van der Waals surface area contributed by atoms with Gasteiger partial charge >= 0.3 is 0 Å². The number of aromatic amines is 1. The second kappa shape index (κ2) is 8.07. The summed E-state index contributed by atoms with van der Waals surface area (Å²) in [6, 6.07) is 12.9. The topological polar surface area (TPSA) is 95.8 Å². The van der Waals surface area contributed by atoms with Crippen molar-refractivity contribution in [1.82, 2.24) is 10.2 Å². The summed E-state index contributed by atoms with van der Waals surface area (Å²) in [5, 5.41) is 16.4. The summed E-state index contributed by atoms with van der Waals surface area (Å²) in [5.74, 6) is 0.677. The molecule has 0 saturated carbocycles. The molecule has 1 N–H and O–H groups in total. The largest absolute Gasteiger partial charge is 0.497 e. The number of nitrogens with one attached hydrogen (secondary N) is 1. The van der Waals surface area contributed by atoms with E-state index in [4.69, 9.17) is 27.9 Å². The maximum Gasteiger partial charge on any atom is 0.218 e. The number of halogens is 2. The number of aromatic nitrogens is 2. The van der Waals surface area contributed by atoms with Crippen LogP contribution in [0.3, 0.4) is 0 Å². The predicted octanol–water partition coefficient (Wildman–Crippen LogP) is 4.73. The molecule has 2 aromatic carbocycles. The van der Waals surface area contributed by atoms with Crippen LogP contribution in [0.1, 0.15) is 5.56 Å². The Morgan fingerprint density at radius 3 is 2.57 bits per heavy atom. The fourth-order valence-corrected chi connectivity index (χ4v) is 4.41. The molecule has 0 aliphatic heterocycles. The fourth-order valence-electron chi connectivity index (χ4n) is 2.51. The number of hydrogen-bond acceptors (Lipinski definition) is 5. The SMILES string of the molecule is COc1ccc(-c2[nH]ncc2/C=C(/C#N)S(=O)(=O)c2cc(Cl)ccc2Cl)cc1. The molecular formula is C19H13Cl2N3O3S. The Kier molecular flexibility index (Phi) is 5.75. The van der Waals surface area contributed by atoms with Crippen LogP contribution in [-0.4, -0.2) is 25.7 Å². The quantitative estimate of drug-likeness (QED) is 0.586. The van der Waals surface area contributed by atoms with Crippen molar-refractivity contribution in [3.05, 3.63) is 69.2 Å². The molecule has 1 aromatic heterocycles. The van der Waals surface area contributed by atoms with Crippen LogP contribution in [0.25, 0.3) is 17.3 Å². The van der Waals surface area contributed by atoms with Crippen molar-refractivity contribution in [2.45, 2.75) is 4.90 Å². The first-order chi connectivity index (χ1) is 13.4. The molecule has 0 aliphatic carbocycles. The minimum Gasteiger partial charge on any atom is -0.497 e. The van der Waals surface area contributed by atoms with E-state index in [1.807, 2.05) is 0 Å². The van der Waals surface area contributed by atoms with E-state index in [2.05, 4.69) is 10.2 Å². The zero-order valence-electron chi connectivity index (χ0n) is 14.5. The highest BCUT2D eigenvalue weighted by molar-refractivity contribution is 7.95. The van der Waals surface area contributed by atoms with Crippen LogP contribution in [0.4, 0.5) is 0 Å². The molecule has 1 heterocycles. The zero-order valence-corrected chi connectivity index (χ0v) is 16.8. The zero-order chi connectivity index (χ0) is 20.3. The summed E-state index contributed by atoms with van der Waals surface area (Å²) in [4.78, 5) is -0.711. The van der Waals surface area contributed by atoms with E-state index in [1.165, 1.54) is 30.5 Å². The molecule has 0 atom stereocenters. The van der Waals surface area contributed by atoms with Crippen molar-refractivity contribution in [2.75, 3.05) is 7.11 Å². The van der Waals surface area contributed by atoms with Crippen LogP contribution in [0.2, 0.25) is 10.0 Å². The van der Waals surface area contributed by atoms with Crippen molar-refractivity contribution in [1.29, 1.82) is 5.26 Å². The van der Waals surface area contributed by atoms with Crippen LogP contribution in [-0.2, 0) is 9.84 Å². The van der Waals surface area contributed by atoms with Gasteiger partial charge in [0.05, 0.1) is 28.9 Å². The minimum absolute atomic E-state index is 0.0203. The molecule has 0 radical (unpaired) electrons. The van der Waals surface area contributed by atoms with E-state index in [0.29, 0.717) is 17.0 Å². The van der Waals surface area contributed by atoms with E-state index in [1.54, 1.807) is 37.4 Å². The first kappa shape index (κ1) is 20.0. The van der Waals surface area contributed by atoms with Crippen molar-refractivity contribution >= 4 is 39.1 Å². The highest BCUT2D eigenvalue weighted by Gasteiger charge is 2.25. The fraction of sp³-hybridized carbons (Fsp3) is 0.0526. The van der Waals surface area contributed by atoms with E-state index < -0.39 is 14.7 Å². The second-order valence-electron chi connectivity index (χ2n) is 5.63. The van der Waals surface area contributed by atoms with Gasteiger partial charge in [-0.25, -0.2) is 8.42 Å². The Hall–Kier alpha value is -2.79. The molecular weight excluding hydrogens is 421 g/mol. The van der Waals surface area contributed by atoms with Gasteiger partial charge in [-0.2, -0.15) is 10.4 Å². The van der Waals surface area contributed by atoms with Gasteiger partial charge in [0.2, 0.25) is 9.84 Å². The summed E-state index contributed by atoms with van der Waals surface area (Å²) >= 11 is 11.9. The van der Waals surface area contributed by atoms with Gasteiger partial charge in [0.25, 0.3) is 0 Å². The molecule has 142 valence electrons. The average Bonchev–Trinajstić information content (AvgIpc) is 3.16. The Morgan fingerprint density at radius 1 is 1.21 bits per heavy atom. The van der Waals surface area contributed by atoms with Gasteiger partial charge in [-0.05, 0) is 48.5 Å². The minimum atomic E-state index is -4.17. The van der Waals surface area contributed by atoms with Gasteiger partial charge in [0, 0.05) is 16.1 Å². The molecule has 28 heavy (non-hydrogen) atoms. The molecule has 0 amide bonds. The highest BCUT2D eigenvalue weighted by atomic mass is 35.5. The Morgan fingerprint density at radius 2 is 1.93 bits per heavy atom. The Bertz CT molecular complexity index is 1190. The highest BCUT2D eigenvalue weighted by Crippen LogP contribution is 2.31. The maximum atomic E-state index is 12.9. The normalized spacial score (nSPS) is 11.9. The monoisotopic (exact) mass is 433 g/mol. The van der Waals surface area contributed by atoms with E-state index in [0.717, 1.165) is 5.56 Å². The van der Waals surface area contributed by atoms with Gasteiger partial charge in [-0.3, -0.25) is 5.10 Å². The lowest BCUT2D eigenvalue weighted by Gasteiger charge is -2.07. The summed E-state index contributed by atoms with van der Waals surface area (Å²) in [6.45, 7) is 0. The summed E-state index contributed by atoms with van der Waals surface area (Å²) < 4.78 is 31.0. The number of rotatable bonds is 5. The lowest BCUT2D eigenvalue weighted by atomic mass is 10.1. The second-order valence-corrected chi connectivity index (χ2v) is 8.36. The number of H-pyrrole nitrogens is 1. The van der Waals surface area contributed by atoms with Crippen molar-refractivity contribution in [3.8, 4) is 23.1 Å². The molecule has 9 heteroatoms. The van der Waals surface area contributed by atoms with Crippen molar-refractivity contribution < 1.29 is 13.2 Å². The lowest BCUT2D eigenvalue weighted by Crippen LogP contribution is -2.04. The smallest absolute Gasteiger partial charge is 0.218 e. The van der Waals surface area contributed by atoms with Crippen LogP contribution in [0.15, 0.2) is 58.5 Å². The van der Waals surface area contributed by atoms with Crippen LogP contribution < -0.4 is 4.74 Å². The molecule has 0 spiro atoms. The van der Waals surface area contributed by atoms with Crippen LogP contribution >= 0.6 is 23.2 Å². The first-order valence-electron chi connectivity index (χ1n) is 7.86. The van der Waals surface area contributed by atoms with Gasteiger partial charge in [0.1, 0.15) is 16.7 Å². The molecule has 0 unspecified atom stereocenters. The van der Waals surface area contributed by atoms with E-state index >= 15 is 0 Å². The third-order valence-corrected chi connectivity index (χ3v) is 6.30. The summed E-state index contributed by atoms with van der Waals surface area (Å²) in [7, 11) is -2.61. The molecule has 3 rings (SSSR count). The number of methoxy groups -OCH3 is 1. The lowest BCUT2D eigenvalue weighted by molar-refractivity contribution is 0.415. The maximum absolute atomic E-state index is 12.9. The van der Waals surface area contributed by atoms with Gasteiger partial charge in [-0.15, -0.1) is 0 Å². The Balaban J connectivity index is 2.08. The molecule has 0 fully saturated rings. The number of benzene rings is 2. The third kappa shape index (κ3) is 3.90. The Labute approximate surface area is 171 Å². The summed E-state index contributed by atoms with van der Waals surface area (Å²) in [6.07, 6.45) is 2.68. The van der Waals surface area contributed by atoms with Crippen molar-refractivity contribution in [2.24, 2.45) is 0 Å². The van der Waals surface area contributed by atoms with Crippen LogP contribution in [0, 0.1) is 11.3 Å². The standard InChI is InChI=1S/C19H13Cl2N3O3S/c1-27-15-5-2-12(3-6-15)19-13(11-23-24-19)8-16(10-22)28(25,26)18-9-14(20)4-7-17(18)21/h2-9,11H,1H3,(H,23,24)/b16-8-. The number of hydrogen-bond donors (Lipinski definition) is 1. The summed E-state index contributed by atoms with van der Waals surface area (Å²) in [5.41, 5.74) is 1.74. The third-order valence-electron chi connectivity index (χ3n) is 3.92. The number of sulfone groups is 1. The molecule has 0 bridgehead atoms. The number of nitriles is 1. The first-order valence-corrected chi connectivity index (χ1v) is 10.1. The van der Waals surface area contributed by atoms with Gasteiger partial charge in [0.15, 0.2) is 0 Å². The van der Waals surface area contributed by atoms with E-state index in [-0.39, 0.29) is 14.9 Å². The number of allylic oxidation sites excluding steroid dienone is 1. The molecule has 0 saturated heterocycles. The number of ether oxygens (including phenoxy) is 1. The van der Waals surface area contributed by atoms with Gasteiger partial charge < -0.3 is 4.74 Å². The molecule has 6 nitrogen and oxygen atoms in total. The predicted molar refractivity (Wildman–Crippen MR) is 108 cm³/mol. The molecule has 0 aliphatic rings. The average molecular weight is 434 g/mol. The van der Waals surface area contributed by atoms with Gasteiger partial charge in [-0.1, -0.05) is 23.2 Å². The van der Waals surface area contributed by atoms with E-state index in [9.17, 15) is 13.7 Å². The molecule has 3 aromatic rings. The van der Waals surface area contributed by atoms with Crippen LogP contribution in [0.5, 0.6) is 5.75 Å². The number of nitrogens with zero attached hydrogens (tertiary/aromatic N) is 2.